The van der Waals surface area contributed by atoms with E-state index in [2.05, 4.69) is 16.0 Å². The number of anilines is 1. The van der Waals surface area contributed by atoms with Gasteiger partial charge in [0.25, 0.3) is 5.91 Å². The van der Waals surface area contributed by atoms with Gasteiger partial charge in [0.15, 0.2) is 0 Å². The monoisotopic (exact) mass is 288 g/mol. The van der Waals surface area contributed by atoms with Crippen LogP contribution in [0.3, 0.4) is 0 Å². The molecule has 1 spiro atoms. The lowest BCUT2D eigenvalue weighted by Gasteiger charge is -2.19. The predicted molar refractivity (Wildman–Crippen MR) is 75.5 cm³/mol. The van der Waals surface area contributed by atoms with Crippen molar-refractivity contribution in [2.24, 2.45) is 0 Å². The van der Waals surface area contributed by atoms with Crippen molar-refractivity contribution in [2.45, 2.75) is 12.0 Å². The minimum atomic E-state index is -0.871. The molecule has 3 rings (SSSR count). The van der Waals surface area contributed by atoms with E-state index in [1.165, 1.54) is 0 Å². The fraction of sp³-hybridized carbons (Fsp3) is 0.357. The Kier molecular flexibility index (Phi) is 3.34. The van der Waals surface area contributed by atoms with E-state index in [-0.39, 0.29) is 12.5 Å². The van der Waals surface area contributed by atoms with E-state index in [4.69, 9.17) is 0 Å². The zero-order valence-corrected chi connectivity index (χ0v) is 11.4. The van der Waals surface area contributed by atoms with E-state index >= 15 is 0 Å². The molecule has 4 amide bonds. The Labute approximate surface area is 121 Å². The number of amides is 4. The second-order valence-electron chi connectivity index (χ2n) is 5.24. The standard InChI is InChI=1S/C14H16N4O3/c19-11(16-10-4-2-1-3-5-10)8-18-12(20)14(17-13(18)21)6-7-15-9-14/h1-5,15H,6-9H2,(H,16,19)(H,17,21). The van der Waals surface area contributed by atoms with E-state index in [0.29, 0.717) is 25.2 Å². The third-order valence-corrected chi connectivity index (χ3v) is 3.76. The van der Waals surface area contributed by atoms with E-state index in [1.807, 2.05) is 6.07 Å². The highest BCUT2D eigenvalue weighted by molar-refractivity contribution is 6.10. The van der Waals surface area contributed by atoms with E-state index < -0.39 is 17.5 Å². The van der Waals surface area contributed by atoms with Crippen LogP contribution >= 0.6 is 0 Å². The number of urea groups is 1. The molecule has 1 aromatic rings. The van der Waals surface area contributed by atoms with Gasteiger partial charge in [-0.2, -0.15) is 0 Å². The summed E-state index contributed by atoms with van der Waals surface area (Å²) in [5.74, 6) is -0.728. The van der Waals surface area contributed by atoms with Crippen LogP contribution < -0.4 is 16.0 Å². The molecule has 1 atom stereocenters. The number of nitrogens with one attached hydrogen (secondary N) is 3. The molecule has 3 N–H and O–H groups in total. The predicted octanol–water partition coefficient (Wildman–Crippen LogP) is -0.0910. The summed E-state index contributed by atoms with van der Waals surface area (Å²) in [6.45, 7) is 0.811. The van der Waals surface area contributed by atoms with Gasteiger partial charge in [-0.15, -0.1) is 0 Å². The summed E-state index contributed by atoms with van der Waals surface area (Å²) in [5.41, 5.74) is -0.240. The summed E-state index contributed by atoms with van der Waals surface area (Å²) < 4.78 is 0. The van der Waals surface area contributed by atoms with Gasteiger partial charge < -0.3 is 16.0 Å². The average Bonchev–Trinajstić information content (AvgIpc) is 3.02. The van der Waals surface area contributed by atoms with Gasteiger partial charge in [0.05, 0.1) is 0 Å². The van der Waals surface area contributed by atoms with Crippen molar-refractivity contribution < 1.29 is 14.4 Å². The number of carbonyl (C=O) groups excluding carboxylic acids is 3. The van der Waals surface area contributed by atoms with E-state index in [0.717, 1.165) is 4.90 Å². The van der Waals surface area contributed by atoms with Crippen LogP contribution in [0.1, 0.15) is 6.42 Å². The summed E-state index contributed by atoms with van der Waals surface area (Å²) in [4.78, 5) is 37.2. The van der Waals surface area contributed by atoms with Crippen LogP contribution in [0.4, 0.5) is 10.5 Å². The minimum absolute atomic E-state index is 0.276. The lowest BCUT2D eigenvalue weighted by molar-refractivity contribution is -0.133. The van der Waals surface area contributed by atoms with Gasteiger partial charge >= 0.3 is 6.03 Å². The van der Waals surface area contributed by atoms with Gasteiger partial charge in [0.1, 0.15) is 12.1 Å². The first-order chi connectivity index (χ1) is 10.1. The van der Waals surface area contributed by atoms with Crippen LogP contribution in [0.2, 0.25) is 0 Å². The maximum absolute atomic E-state index is 12.4. The highest BCUT2D eigenvalue weighted by Gasteiger charge is 2.52. The number of rotatable bonds is 3. The van der Waals surface area contributed by atoms with Crippen molar-refractivity contribution in [2.75, 3.05) is 25.0 Å². The number of hydrogen-bond donors (Lipinski definition) is 3. The van der Waals surface area contributed by atoms with Crippen LogP contribution in [0.25, 0.3) is 0 Å². The fourth-order valence-electron chi connectivity index (χ4n) is 2.67. The van der Waals surface area contributed by atoms with Gasteiger partial charge in [-0.1, -0.05) is 18.2 Å². The smallest absolute Gasteiger partial charge is 0.325 e. The summed E-state index contributed by atoms with van der Waals surface area (Å²) in [6, 6.07) is 8.40. The highest BCUT2D eigenvalue weighted by Crippen LogP contribution is 2.24. The largest absolute Gasteiger partial charge is 0.325 e. The molecule has 2 heterocycles. The van der Waals surface area contributed by atoms with E-state index in [9.17, 15) is 14.4 Å². The summed E-state index contributed by atoms with van der Waals surface area (Å²) in [7, 11) is 0. The lowest BCUT2D eigenvalue weighted by Crippen LogP contribution is -2.49. The third-order valence-electron chi connectivity index (χ3n) is 3.76. The summed E-state index contributed by atoms with van der Waals surface area (Å²) in [6.07, 6.45) is 0.550. The quantitative estimate of drug-likeness (QED) is 0.678. The SMILES string of the molecule is O=C(CN1C(=O)NC2(CCNC2)C1=O)Nc1ccccc1. The molecular formula is C14H16N4O3. The number of nitrogens with zero attached hydrogens (tertiary/aromatic N) is 1. The number of benzene rings is 1. The Bertz CT molecular complexity index is 581. The topological polar surface area (TPSA) is 90.5 Å². The summed E-state index contributed by atoms with van der Waals surface area (Å²) in [5, 5.41) is 8.41. The van der Waals surface area contributed by atoms with Crippen molar-refractivity contribution in [1.29, 1.82) is 0 Å². The molecule has 110 valence electrons. The first-order valence-electron chi connectivity index (χ1n) is 6.80. The highest BCUT2D eigenvalue weighted by atomic mass is 16.2. The first-order valence-corrected chi connectivity index (χ1v) is 6.80. The fourth-order valence-corrected chi connectivity index (χ4v) is 2.67. The van der Waals surface area contributed by atoms with Crippen LogP contribution in [-0.2, 0) is 9.59 Å². The maximum Gasteiger partial charge on any atom is 0.325 e. The van der Waals surface area contributed by atoms with Crippen LogP contribution in [0.5, 0.6) is 0 Å². The van der Waals surface area contributed by atoms with Crippen molar-refractivity contribution in [1.82, 2.24) is 15.5 Å². The Balaban J connectivity index is 1.66. The van der Waals surface area contributed by atoms with Gasteiger partial charge in [-0.3, -0.25) is 14.5 Å². The molecule has 21 heavy (non-hydrogen) atoms. The van der Waals surface area contributed by atoms with Crippen molar-refractivity contribution in [3.05, 3.63) is 30.3 Å². The molecule has 2 aliphatic rings. The van der Waals surface area contributed by atoms with Crippen LogP contribution in [0, 0.1) is 0 Å². The zero-order valence-electron chi connectivity index (χ0n) is 11.4. The molecule has 7 heteroatoms. The van der Waals surface area contributed by atoms with Gasteiger partial charge in [-0.05, 0) is 25.1 Å². The number of hydrogen-bond acceptors (Lipinski definition) is 4. The Morgan fingerprint density at radius 2 is 2.05 bits per heavy atom. The van der Waals surface area contributed by atoms with Crippen LogP contribution in [0.15, 0.2) is 30.3 Å². The van der Waals surface area contributed by atoms with Gasteiger partial charge in [0.2, 0.25) is 5.91 Å². The van der Waals surface area contributed by atoms with Crippen molar-refractivity contribution in [3.8, 4) is 0 Å². The first kappa shape index (κ1) is 13.6. The second-order valence-corrected chi connectivity index (χ2v) is 5.24. The molecule has 0 bridgehead atoms. The lowest BCUT2D eigenvalue weighted by atomic mass is 9.99. The molecule has 2 saturated heterocycles. The molecule has 1 aromatic carbocycles. The maximum atomic E-state index is 12.4. The average molecular weight is 288 g/mol. The third kappa shape index (κ3) is 2.47. The van der Waals surface area contributed by atoms with Crippen molar-refractivity contribution in [3.63, 3.8) is 0 Å². The van der Waals surface area contributed by atoms with Gasteiger partial charge in [0, 0.05) is 12.2 Å². The van der Waals surface area contributed by atoms with Crippen molar-refractivity contribution >= 4 is 23.5 Å². The summed E-state index contributed by atoms with van der Waals surface area (Å²) >= 11 is 0. The molecule has 0 aliphatic carbocycles. The molecule has 2 aliphatic heterocycles. The number of para-hydroxylation sites is 1. The van der Waals surface area contributed by atoms with E-state index in [1.54, 1.807) is 24.3 Å². The Morgan fingerprint density at radius 1 is 1.29 bits per heavy atom. The Hall–Kier alpha value is -2.41. The Morgan fingerprint density at radius 3 is 2.71 bits per heavy atom. The molecule has 7 nitrogen and oxygen atoms in total. The molecule has 0 radical (unpaired) electrons. The number of carbonyl (C=O) groups is 3. The molecule has 1 unspecified atom stereocenters. The zero-order chi connectivity index (χ0) is 14.9. The second kappa shape index (κ2) is 5.17. The minimum Gasteiger partial charge on any atom is -0.325 e. The molecule has 0 saturated carbocycles. The normalized spacial score (nSPS) is 24.5. The van der Waals surface area contributed by atoms with Crippen LogP contribution in [-0.4, -0.2) is 47.9 Å². The molecular weight excluding hydrogens is 272 g/mol. The molecule has 0 aromatic heterocycles. The molecule has 2 fully saturated rings. The number of imide groups is 1. The van der Waals surface area contributed by atoms with Gasteiger partial charge in [-0.25, -0.2) is 4.79 Å².